The van der Waals surface area contributed by atoms with E-state index in [9.17, 15) is 4.79 Å². The Balaban J connectivity index is 2.01. The summed E-state index contributed by atoms with van der Waals surface area (Å²) in [6.45, 7) is 1.42. The van der Waals surface area contributed by atoms with Crippen LogP contribution in [-0.4, -0.2) is 37.6 Å². The van der Waals surface area contributed by atoms with Gasteiger partial charge in [-0.1, -0.05) is 11.6 Å². The van der Waals surface area contributed by atoms with Gasteiger partial charge in [0.05, 0.1) is 13.2 Å². The number of carboxylic acid groups (broad SMARTS) is 1. The zero-order valence-electron chi connectivity index (χ0n) is 9.19. The zero-order valence-corrected chi connectivity index (χ0v) is 9.94. The smallest absolute Gasteiger partial charge is 0.404 e. The molecule has 2 N–H and O–H groups in total. The summed E-state index contributed by atoms with van der Waals surface area (Å²) in [5.74, 6) is 0.724. The minimum Gasteiger partial charge on any atom is -0.491 e. The van der Waals surface area contributed by atoms with Crippen molar-refractivity contribution in [3.8, 4) is 5.75 Å². The van der Waals surface area contributed by atoms with Crippen LogP contribution in [0.1, 0.15) is 0 Å². The number of rotatable bonds is 7. The topological polar surface area (TPSA) is 67.8 Å². The Hall–Kier alpha value is -1.46. The molecule has 1 amide bonds. The van der Waals surface area contributed by atoms with Gasteiger partial charge < -0.3 is 19.9 Å². The maximum Gasteiger partial charge on any atom is 0.404 e. The molecule has 0 saturated heterocycles. The largest absolute Gasteiger partial charge is 0.491 e. The van der Waals surface area contributed by atoms with Gasteiger partial charge in [-0.15, -0.1) is 0 Å². The molecule has 17 heavy (non-hydrogen) atoms. The predicted molar refractivity (Wildman–Crippen MR) is 63.8 cm³/mol. The molecule has 0 radical (unpaired) electrons. The highest BCUT2D eigenvalue weighted by atomic mass is 35.5. The maximum absolute atomic E-state index is 10.1. The Bertz CT molecular complexity index is 342. The molecule has 6 heteroatoms. The molecule has 0 bridgehead atoms. The number of hydrogen-bond acceptors (Lipinski definition) is 3. The second-order valence-electron chi connectivity index (χ2n) is 3.15. The maximum atomic E-state index is 10.1. The fourth-order valence-corrected chi connectivity index (χ4v) is 1.21. The lowest BCUT2D eigenvalue weighted by atomic mass is 10.3. The predicted octanol–water partition coefficient (Wildman–Crippen LogP) is 2.00. The third kappa shape index (κ3) is 6.65. The molecule has 0 spiro atoms. The highest BCUT2D eigenvalue weighted by Crippen LogP contribution is 2.15. The highest BCUT2D eigenvalue weighted by molar-refractivity contribution is 6.30. The van der Waals surface area contributed by atoms with Gasteiger partial charge in [0.2, 0.25) is 0 Å². The van der Waals surface area contributed by atoms with Crippen molar-refractivity contribution in [3.63, 3.8) is 0 Å². The highest BCUT2D eigenvalue weighted by Gasteiger charge is 1.95. The van der Waals surface area contributed by atoms with Gasteiger partial charge in [-0.05, 0) is 24.3 Å². The zero-order chi connectivity index (χ0) is 12.5. The minimum atomic E-state index is -1.05. The van der Waals surface area contributed by atoms with Crippen molar-refractivity contribution in [1.82, 2.24) is 5.32 Å². The molecule has 94 valence electrons. The van der Waals surface area contributed by atoms with E-state index in [1.54, 1.807) is 24.3 Å². The van der Waals surface area contributed by atoms with E-state index in [0.717, 1.165) is 5.75 Å². The van der Waals surface area contributed by atoms with Crippen LogP contribution in [0.2, 0.25) is 5.02 Å². The molecule has 0 unspecified atom stereocenters. The van der Waals surface area contributed by atoms with Crippen molar-refractivity contribution in [1.29, 1.82) is 0 Å². The molecular formula is C11H14ClNO4. The summed E-state index contributed by atoms with van der Waals surface area (Å²) in [7, 11) is 0. The van der Waals surface area contributed by atoms with Crippen LogP contribution >= 0.6 is 11.6 Å². The van der Waals surface area contributed by atoms with Crippen LogP contribution in [0, 0.1) is 0 Å². The lowest BCUT2D eigenvalue weighted by Gasteiger charge is -2.07. The van der Waals surface area contributed by atoms with Gasteiger partial charge >= 0.3 is 6.09 Å². The Labute approximate surface area is 104 Å². The van der Waals surface area contributed by atoms with Gasteiger partial charge in [-0.3, -0.25) is 0 Å². The van der Waals surface area contributed by atoms with E-state index in [0.29, 0.717) is 24.8 Å². The summed E-state index contributed by atoms with van der Waals surface area (Å²) >= 11 is 5.72. The summed E-state index contributed by atoms with van der Waals surface area (Å²) in [6.07, 6.45) is -1.05. The molecule has 0 fully saturated rings. The molecule has 0 atom stereocenters. The first kappa shape index (κ1) is 13.6. The molecule has 5 nitrogen and oxygen atoms in total. The van der Waals surface area contributed by atoms with Crippen LogP contribution in [0.3, 0.4) is 0 Å². The third-order valence-corrected chi connectivity index (χ3v) is 2.08. The van der Waals surface area contributed by atoms with Gasteiger partial charge in [0, 0.05) is 11.6 Å². The number of ether oxygens (including phenoxy) is 2. The fourth-order valence-electron chi connectivity index (χ4n) is 1.08. The summed E-state index contributed by atoms with van der Waals surface area (Å²) < 4.78 is 10.5. The SMILES string of the molecule is O=C(O)NCCOCCOc1ccc(Cl)cc1. The lowest BCUT2D eigenvalue weighted by molar-refractivity contribution is 0.101. The van der Waals surface area contributed by atoms with E-state index in [4.69, 9.17) is 26.2 Å². The Kier molecular flexibility index (Phi) is 6.21. The third-order valence-electron chi connectivity index (χ3n) is 1.83. The van der Waals surface area contributed by atoms with Crippen LogP contribution in [0.4, 0.5) is 4.79 Å². The van der Waals surface area contributed by atoms with Crippen molar-refractivity contribution in [2.24, 2.45) is 0 Å². The van der Waals surface area contributed by atoms with Crippen molar-refractivity contribution < 1.29 is 19.4 Å². The van der Waals surface area contributed by atoms with E-state index < -0.39 is 6.09 Å². The second kappa shape index (κ2) is 7.76. The minimum absolute atomic E-state index is 0.274. The number of amides is 1. The van der Waals surface area contributed by atoms with E-state index in [1.807, 2.05) is 0 Å². The molecule has 0 heterocycles. The normalized spacial score (nSPS) is 9.94. The van der Waals surface area contributed by atoms with Crippen LogP contribution in [0.5, 0.6) is 5.75 Å². The van der Waals surface area contributed by atoms with Gasteiger partial charge in [0.25, 0.3) is 0 Å². The molecule has 0 aliphatic rings. The van der Waals surface area contributed by atoms with Crippen LogP contribution in [0.15, 0.2) is 24.3 Å². The number of halogens is 1. The molecule has 0 aliphatic heterocycles. The molecule has 0 saturated carbocycles. The van der Waals surface area contributed by atoms with Crippen molar-refractivity contribution in [2.45, 2.75) is 0 Å². The number of benzene rings is 1. The van der Waals surface area contributed by atoms with Gasteiger partial charge in [-0.2, -0.15) is 0 Å². The quantitative estimate of drug-likeness (QED) is 0.735. The summed E-state index contributed by atoms with van der Waals surface area (Å²) in [5.41, 5.74) is 0. The van der Waals surface area contributed by atoms with E-state index >= 15 is 0 Å². The van der Waals surface area contributed by atoms with E-state index in [1.165, 1.54) is 0 Å². The first-order valence-corrected chi connectivity index (χ1v) is 5.49. The van der Waals surface area contributed by atoms with E-state index in [-0.39, 0.29) is 6.54 Å². The summed E-state index contributed by atoms with van der Waals surface area (Å²) in [5, 5.41) is 11.1. The van der Waals surface area contributed by atoms with Crippen LogP contribution < -0.4 is 10.1 Å². The number of carbonyl (C=O) groups is 1. The number of nitrogens with one attached hydrogen (secondary N) is 1. The van der Waals surface area contributed by atoms with Crippen LogP contribution in [0.25, 0.3) is 0 Å². The van der Waals surface area contributed by atoms with Crippen molar-refractivity contribution in [2.75, 3.05) is 26.4 Å². The summed E-state index contributed by atoms with van der Waals surface area (Å²) in [6, 6.07) is 7.03. The molecule has 0 aromatic heterocycles. The van der Waals surface area contributed by atoms with Gasteiger partial charge in [0.15, 0.2) is 0 Å². The molecule has 1 aromatic carbocycles. The Morgan fingerprint density at radius 2 is 1.94 bits per heavy atom. The number of hydrogen-bond donors (Lipinski definition) is 2. The Morgan fingerprint density at radius 3 is 2.59 bits per heavy atom. The van der Waals surface area contributed by atoms with Crippen LogP contribution in [-0.2, 0) is 4.74 Å². The molecular weight excluding hydrogens is 246 g/mol. The first-order valence-electron chi connectivity index (χ1n) is 5.11. The second-order valence-corrected chi connectivity index (χ2v) is 3.58. The van der Waals surface area contributed by atoms with Gasteiger partial charge in [-0.25, -0.2) is 4.79 Å². The molecule has 1 rings (SSSR count). The van der Waals surface area contributed by atoms with Gasteiger partial charge in [0.1, 0.15) is 12.4 Å². The average molecular weight is 260 g/mol. The summed E-state index contributed by atoms with van der Waals surface area (Å²) in [4.78, 5) is 10.1. The van der Waals surface area contributed by atoms with E-state index in [2.05, 4.69) is 5.32 Å². The fraction of sp³-hybridized carbons (Fsp3) is 0.364. The monoisotopic (exact) mass is 259 g/mol. The standard InChI is InChI=1S/C11H14ClNO4/c12-9-1-3-10(4-2-9)17-8-7-16-6-5-13-11(14)15/h1-4,13H,5-8H2,(H,14,15). The molecule has 1 aromatic rings. The Morgan fingerprint density at radius 1 is 1.24 bits per heavy atom. The van der Waals surface area contributed by atoms with Crippen molar-refractivity contribution in [3.05, 3.63) is 29.3 Å². The average Bonchev–Trinajstić information content (AvgIpc) is 2.30. The van der Waals surface area contributed by atoms with Crippen molar-refractivity contribution >= 4 is 17.7 Å². The molecule has 0 aliphatic carbocycles. The first-order chi connectivity index (χ1) is 8.18. The lowest BCUT2D eigenvalue weighted by Crippen LogP contribution is -2.25.